The lowest BCUT2D eigenvalue weighted by Gasteiger charge is -2.05. The molecular formula is C16H19N5O5S. The first kappa shape index (κ1) is 18.9. The number of hydrogen-bond donors (Lipinski definition) is 3. The number of anilines is 1. The van der Waals surface area contributed by atoms with Crippen LogP contribution in [0.1, 0.15) is 21.2 Å². The van der Waals surface area contributed by atoms with E-state index in [1.807, 2.05) is 0 Å². The van der Waals surface area contributed by atoms with Crippen LogP contribution < -0.4 is 25.4 Å². The normalized spacial score (nSPS) is 11.9. The molecule has 144 valence electrons. The van der Waals surface area contributed by atoms with Crippen LogP contribution >= 0.6 is 11.3 Å². The molecule has 3 amide bonds. The minimum atomic E-state index is -0.387. The van der Waals surface area contributed by atoms with E-state index in [4.69, 9.17) is 14.2 Å². The quantitative estimate of drug-likeness (QED) is 0.579. The van der Waals surface area contributed by atoms with Crippen molar-refractivity contribution in [2.75, 3.05) is 32.4 Å². The topological polar surface area (TPSA) is 124 Å². The summed E-state index contributed by atoms with van der Waals surface area (Å²) < 4.78 is 15.4. The monoisotopic (exact) mass is 393 g/mol. The molecule has 0 aliphatic carbocycles. The molecule has 1 aromatic heterocycles. The minimum Gasteiger partial charge on any atom is -0.454 e. The number of carbonyl (C=O) groups excluding carboxylic acids is 2. The minimum absolute atomic E-state index is 0.166. The Morgan fingerprint density at radius 2 is 2.07 bits per heavy atom. The van der Waals surface area contributed by atoms with Crippen LogP contribution in [-0.2, 0) is 11.3 Å². The number of rotatable bonds is 8. The second-order valence-electron chi connectivity index (χ2n) is 5.48. The number of fused-ring (bicyclic) bond motifs is 1. The fourth-order valence-corrected chi connectivity index (χ4v) is 2.89. The Labute approximate surface area is 159 Å². The fraction of sp³-hybridized carbons (Fsp3) is 0.375. The van der Waals surface area contributed by atoms with Crippen LogP contribution in [-0.4, -0.2) is 49.2 Å². The van der Waals surface area contributed by atoms with Crippen molar-refractivity contribution in [3.8, 4) is 11.5 Å². The molecule has 2 heterocycles. The molecule has 2 aromatic rings. The van der Waals surface area contributed by atoms with Gasteiger partial charge in [-0.05, 0) is 18.6 Å². The highest BCUT2D eigenvalue weighted by atomic mass is 32.1. The first-order valence-electron chi connectivity index (χ1n) is 8.19. The maximum absolute atomic E-state index is 12.3. The lowest BCUT2D eigenvalue weighted by atomic mass is 10.3. The molecule has 0 saturated carbocycles. The van der Waals surface area contributed by atoms with Crippen molar-refractivity contribution in [1.29, 1.82) is 0 Å². The van der Waals surface area contributed by atoms with Crippen molar-refractivity contribution in [2.24, 2.45) is 0 Å². The number of methoxy groups -OCH3 is 1. The van der Waals surface area contributed by atoms with E-state index < -0.39 is 0 Å². The predicted octanol–water partition coefficient (Wildman–Crippen LogP) is 1.35. The summed E-state index contributed by atoms with van der Waals surface area (Å²) in [5.74, 6) is 0.825. The molecule has 10 nitrogen and oxygen atoms in total. The van der Waals surface area contributed by atoms with Crippen LogP contribution in [0.2, 0.25) is 0 Å². The van der Waals surface area contributed by atoms with E-state index in [1.165, 1.54) is 0 Å². The second kappa shape index (κ2) is 9.14. The van der Waals surface area contributed by atoms with Gasteiger partial charge in [0.1, 0.15) is 5.01 Å². The molecule has 0 saturated heterocycles. The van der Waals surface area contributed by atoms with Gasteiger partial charge in [-0.3, -0.25) is 4.79 Å². The molecule has 0 atom stereocenters. The maximum atomic E-state index is 12.3. The van der Waals surface area contributed by atoms with Crippen LogP contribution in [0.3, 0.4) is 0 Å². The largest absolute Gasteiger partial charge is 0.454 e. The Morgan fingerprint density at radius 3 is 2.93 bits per heavy atom. The summed E-state index contributed by atoms with van der Waals surface area (Å²) in [6.45, 7) is 1.45. The first-order valence-corrected chi connectivity index (χ1v) is 9.01. The zero-order valence-corrected chi connectivity index (χ0v) is 15.4. The van der Waals surface area contributed by atoms with Gasteiger partial charge in [-0.2, -0.15) is 0 Å². The average Bonchev–Trinajstić information content (AvgIpc) is 3.32. The molecule has 0 fully saturated rings. The average molecular weight is 393 g/mol. The lowest BCUT2D eigenvalue weighted by Crippen LogP contribution is -2.35. The number of nitrogens with one attached hydrogen (secondary N) is 3. The van der Waals surface area contributed by atoms with E-state index in [2.05, 4.69) is 26.1 Å². The molecule has 0 spiro atoms. The Balaban J connectivity index is 1.47. The summed E-state index contributed by atoms with van der Waals surface area (Å²) >= 11 is 1.11. The highest BCUT2D eigenvalue weighted by molar-refractivity contribution is 7.13. The number of urea groups is 1. The molecular weight excluding hydrogens is 374 g/mol. The van der Waals surface area contributed by atoms with Crippen LogP contribution in [0.15, 0.2) is 18.2 Å². The van der Waals surface area contributed by atoms with E-state index in [-0.39, 0.29) is 30.3 Å². The van der Waals surface area contributed by atoms with E-state index in [9.17, 15) is 9.59 Å². The number of benzene rings is 1. The molecule has 0 unspecified atom stereocenters. The molecule has 11 heteroatoms. The zero-order valence-electron chi connectivity index (χ0n) is 14.6. The third kappa shape index (κ3) is 5.28. The fourth-order valence-electron chi connectivity index (χ4n) is 2.21. The van der Waals surface area contributed by atoms with Crippen molar-refractivity contribution in [2.45, 2.75) is 13.0 Å². The van der Waals surface area contributed by atoms with Crippen LogP contribution in [0.5, 0.6) is 11.5 Å². The van der Waals surface area contributed by atoms with Gasteiger partial charge in [-0.25, -0.2) is 4.79 Å². The highest BCUT2D eigenvalue weighted by Crippen LogP contribution is 2.34. The Morgan fingerprint density at radius 1 is 1.22 bits per heavy atom. The van der Waals surface area contributed by atoms with E-state index in [0.717, 1.165) is 17.8 Å². The van der Waals surface area contributed by atoms with Gasteiger partial charge in [0.15, 0.2) is 11.5 Å². The van der Waals surface area contributed by atoms with Crippen molar-refractivity contribution in [1.82, 2.24) is 20.8 Å². The number of hydrogen-bond acceptors (Lipinski definition) is 8. The van der Waals surface area contributed by atoms with Gasteiger partial charge in [0.05, 0.1) is 6.54 Å². The third-order valence-electron chi connectivity index (χ3n) is 3.50. The van der Waals surface area contributed by atoms with Crippen molar-refractivity contribution < 1.29 is 23.8 Å². The second-order valence-corrected chi connectivity index (χ2v) is 6.54. The Bertz CT molecular complexity index is 812. The van der Waals surface area contributed by atoms with E-state index >= 15 is 0 Å². The lowest BCUT2D eigenvalue weighted by molar-refractivity contribution is 0.102. The number of ether oxygens (including phenoxy) is 3. The molecule has 1 aromatic carbocycles. The molecule has 1 aliphatic rings. The predicted molar refractivity (Wildman–Crippen MR) is 97.2 cm³/mol. The van der Waals surface area contributed by atoms with Crippen molar-refractivity contribution in [3.63, 3.8) is 0 Å². The molecule has 3 N–H and O–H groups in total. The first-order chi connectivity index (χ1) is 13.2. The summed E-state index contributed by atoms with van der Waals surface area (Å²) in [5, 5.41) is 16.6. The number of aromatic nitrogens is 2. The van der Waals surface area contributed by atoms with Gasteiger partial charge in [0, 0.05) is 32.0 Å². The molecule has 0 radical (unpaired) electrons. The summed E-state index contributed by atoms with van der Waals surface area (Å²) in [5.41, 5.74) is 0.564. The Hall–Kier alpha value is -2.92. The van der Waals surface area contributed by atoms with E-state index in [1.54, 1.807) is 25.3 Å². The summed E-state index contributed by atoms with van der Waals surface area (Å²) in [6.07, 6.45) is 0.729. The van der Waals surface area contributed by atoms with Gasteiger partial charge in [0.25, 0.3) is 5.91 Å². The standard InChI is InChI=1S/C16H19N5O5S/c1-24-6-2-5-17-16(23)18-8-13-20-21-15(27-13)14(22)19-10-3-4-11-12(7-10)26-9-25-11/h3-4,7H,2,5-6,8-9H2,1H3,(H,19,22)(H2,17,18,23). The number of amides is 3. The summed E-state index contributed by atoms with van der Waals surface area (Å²) in [7, 11) is 1.61. The van der Waals surface area contributed by atoms with Crippen molar-refractivity contribution in [3.05, 3.63) is 28.2 Å². The van der Waals surface area contributed by atoms with Crippen LogP contribution in [0.4, 0.5) is 10.5 Å². The molecule has 1 aliphatic heterocycles. The van der Waals surface area contributed by atoms with Crippen molar-refractivity contribution >= 4 is 29.0 Å². The smallest absolute Gasteiger partial charge is 0.315 e. The summed E-state index contributed by atoms with van der Waals surface area (Å²) in [6, 6.07) is 4.80. The summed E-state index contributed by atoms with van der Waals surface area (Å²) in [4.78, 5) is 23.9. The SMILES string of the molecule is COCCCNC(=O)NCc1nnc(C(=O)Nc2ccc3c(c2)OCO3)s1. The molecule has 0 bridgehead atoms. The van der Waals surface area contributed by atoms with Crippen LogP contribution in [0.25, 0.3) is 0 Å². The van der Waals surface area contributed by atoms with Gasteiger partial charge in [-0.1, -0.05) is 11.3 Å². The van der Waals surface area contributed by atoms with Gasteiger partial charge in [-0.15, -0.1) is 10.2 Å². The van der Waals surface area contributed by atoms with E-state index in [0.29, 0.717) is 35.3 Å². The van der Waals surface area contributed by atoms with Gasteiger partial charge < -0.3 is 30.2 Å². The molecule has 27 heavy (non-hydrogen) atoms. The highest BCUT2D eigenvalue weighted by Gasteiger charge is 2.17. The zero-order chi connectivity index (χ0) is 19.1. The van der Waals surface area contributed by atoms with Crippen LogP contribution in [0, 0.1) is 0 Å². The third-order valence-corrected chi connectivity index (χ3v) is 4.42. The maximum Gasteiger partial charge on any atom is 0.315 e. The number of carbonyl (C=O) groups is 2. The number of nitrogens with zero attached hydrogens (tertiary/aromatic N) is 2. The Kier molecular flexibility index (Phi) is 6.39. The van der Waals surface area contributed by atoms with Gasteiger partial charge >= 0.3 is 6.03 Å². The molecule has 3 rings (SSSR count). The van der Waals surface area contributed by atoms with Gasteiger partial charge in [0.2, 0.25) is 11.8 Å².